The van der Waals surface area contributed by atoms with E-state index in [-0.39, 0.29) is 6.10 Å². The van der Waals surface area contributed by atoms with Crippen LogP contribution in [0.15, 0.2) is 90.4 Å². The number of aromatic nitrogens is 2. The fraction of sp³-hybridized carbons (Fsp3) is 0.405. The van der Waals surface area contributed by atoms with Gasteiger partial charge in [-0.05, 0) is 73.5 Å². The zero-order chi connectivity index (χ0) is 33.6. The van der Waals surface area contributed by atoms with Gasteiger partial charge in [-0.1, -0.05) is 48.0 Å². The smallest absolute Gasteiger partial charge is 0.215 e. The normalized spacial score (nSPS) is 22.2. The third kappa shape index (κ3) is 8.15. The SMILES string of the molecule is CCCN1CCCS/C1=N\c1ccc(N2CCN(c3ccc(OCC4COC(Cn5ccnc5)(c5ccc(Cl)cc5Cl)O4)cc3)CC2)cc1. The minimum atomic E-state index is -1.08. The van der Waals surface area contributed by atoms with Gasteiger partial charge in [-0.25, -0.2) is 9.98 Å². The van der Waals surface area contributed by atoms with Crippen LogP contribution < -0.4 is 14.5 Å². The van der Waals surface area contributed by atoms with Crippen molar-refractivity contribution in [2.75, 3.05) is 68.0 Å². The van der Waals surface area contributed by atoms with Crippen molar-refractivity contribution in [1.82, 2.24) is 14.5 Å². The molecule has 0 aliphatic carbocycles. The van der Waals surface area contributed by atoms with Crippen molar-refractivity contribution in [1.29, 1.82) is 0 Å². The molecule has 1 aromatic heterocycles. The molecule has 0 saturated carbocycles. The molecule has 3 fully saturated rings. The van der Waals surface area contributed by atoms with Crippen molar-refractivity contribution in [3.05, 3.63) is 101 Å². The summed E-state index contributed by atoms with van der Waals surface area (Å²) < 4.78 is 20.9. The van der Waals surface area contributed by atoms with Crippen LogP contribution in [0, 0.1) is 0 Å². The Balaban J connectivity index is 0.911. The molecule has 0 amide bonds. The quantitative estimate of drug-likeness (QED) is 0.156. The van der Waals surface area contributed by atoms with Crippen molar-refractivity contribution in [3.8, 4) is 5.75 Å². The summed E-state index contributed by atoms with van der Waals surface area (Å²) >= 11 is 14.7. The second kappa shape index (κ2) is 15.6. The zero-order valence-corrected chi connectivity index (χ0v) is 30.0. The second-order valence-electron chi connectivity index (χ2n) is 12.5. The molecule has 2 atom stereocenters. The topological polar surface area (TPSA) is 67.6 Å². The molecule has 7 rings (SSSR count). The van der Waals surface area contributed by atoms with Crippen molar-refractivity contribution in [2.45, 2.75) is 38.2 Å². The summed E-state index contributed by atoms with van der Waals surface area (Å²) in [7, 11) is 0. The number of imidazole rings is 1. The molecule has 4 aromatic rings. The average Bonchev–Trinajstić information content (AvgIpc) is 3.79. The van der Waals surface area contributed by atoms with E-state index < -0.39 is 5.79 Å². The number of hydrogen-bond acceptors (Lipinski definition) is 8. The number of nitrogens with zero attached hydrogens (tertiary/aromatic N) is 6. The maximum Gasteiger partial charge on any atom is 0.215 e. The Hall–Kier alpha value is -3.41. The Bertz CT molecular complexity index is 1700. The number of thioether (sulfide) groups is 1. The fourth-order valence-electron chi connectivity index (χ4n) is 6.58. The maximum absolute atomic E-state index is 6.61. The predicted octanol–water partition coefficient (Wildman–Crippen LogP) is 7.70. The number of ether oxygens (including phenoxy) is 3. The molecule has 3 saturated heterocycles. The van der Waals surface area contributed by atoms with E-state index >= 15 is 0 Å². The first-order valence-electron chi connectivity index (χ1n) is 17.0. The Morgan fingerprint density at radius 1 is 0.959 bits per heavy atom. The summed E-state index contributed by atoms with van der Waals surface area (Å²) in [6.45, 7) is 9.34. The van der Waals surface area contributed by atoms with Gasteiger partial charge in [-0.15, -0.1) is 0 Å². The summed E-state index contributed by atoms with van der Waals surface area (Å²) in [5.41, 5.74) is 4.19. The molecule has 2 unspecified atom stereocenters. The monoisotopic (exact) mass is 720 g/mol. The number of benzene rings is 3. The highest BCUT2D eigenvalue weighted by Crippen LogP contribution is 2.40. The van der Waals surface area contributed by atoms with Gasteiger partial charge in [0.1, 0.15) is 18.5 Å². The first kappa shape index (κ1) is 34.1. The summed E-state index contributed by atoms with van der Waals surface area (Å²) in [5, 5.41) is 2.20. The lowest BCUT2D eigenvalue weighted by Crippen LogP contribution is -2.46. The first-order chi connectivity index (χ1) is 24.0. The van der Waals surface area contributed by atoms with E-state index in [4.69, 9.17) is 42.4 Å². The highest BCUT2D eigenvalue weighted by Gasteiger charge is 2.45. The third-order valence-electron chi connectivity index (χ3n) is 9.08. The molecule has 0 bridgehead atoms. The van der Waals surface area contributed by atoms with Crippen LogP contribution >= 0.6 is 35.0 Å². The minimum Gasteiger partial charge on any atom is -0.491 e. The lowest BCUT2D eigenvalue weighted by atomic mass is 10.1. The molecule has 3 aromatic carbocycles. The highest BCUT2D eigenvalue weighted by atomic mass is 35.5. The van der Waals surface area contributed by atoms with Crippen LogP contribution in [0.1, 0.15) is 25.3 Å². The Labute approximate surface area is 302 Å². The minimum absolute atomic E-state index is 0.286. The molecule has 0 N–H and O–H groups in total. The van der Waals surface area contributed by atoms with Crippen LogP contribution in [0.3, 0.4) is 0 Å². The number of anilines is 2. The summed E-state index contributed by atoms with van der Waals surface area (Å²) in [5.74, 6) is 0.859. The van der Waals surface area contributed by atoms with Gasteiger partial charge in [0.2, 0.25) is 5.79 Å². The summed E-state index contributed by atoms with van der Waals surface area (Å²) in [6, 6.07) is 22.4. The Kier molecular flexibility index (Phi) is 10.9. The van der Waals surface area contributed by atoms with Gasteiger partial charge in [-0.3, -0.25) is 0 Å². The van der Waals surface area contributed by atoms with E-state index in [1.54, 1.807) is 24.7 Å². The standard InChI is InChI=1S/C37H42Cl2N6O3S/c1-2-15-45-16-3-22-49-36(45)41-29-5-7-30(8-6-29)43-18-20-44(21-19-43)31-9-11-32(12-10-31)46-24-33-25-47-37(48-33,26-42-17-14-40-27-42)34-13-4-28(38)23-35(34)39/h4-14,17,23,27,33H,2-3,15-16,18-22,24-26H2,1H3/b41-36-. The van der Waals surface area contributed by atoms with E-state index in [9.17, 15) is 0 Å². The molecule has 3 aliphatic heterocycles. The van der Waals surface area contributed by atoms with Crippen molar-refractivity contribution < 1.29 is 14.2 Å². The van der Waals surface area contributed by atoms with E-state index in [1.807, 2.05) is 40.7 Å². The Morgan fingerprint density at radius 2 is 1.69 bits per heavy atom. The zero-order valence-electron chi connectivity index (χ0n) is 27.7. The van der Waals surface area contributed by atoms with Crippen LogP contribution in [-0.4, -0.2) is 84.0 Å². The molecule has 49 heavy (non-hydrogen) atoms. The van der Waals surface area contributed by atoms with Crippen LogP contribution in [0.4, 0.5) is 17.1 Å². The number of rotatable bonds is 11. The lowest BCUT2D eigenvalue weighted by molar-refractivity contribution is -0.189. The van der Waals surface area contributed by atoms with E-state index in [0.717, 1.165) is 73.6 Å². The van der Waals surface area contributed by atoms with Gasteiger partial charge >= 0.3 is 0 Å². The molecule has 9 nitrogen and oxygen atoms in total. The molecular formula is C37H42Cl2N6O3S. The van der Waals surface area contributed by atoms with E-state index in [1.165, 1.54) is 17.8 Å². The van der Waals surface area contributed by atoms with Gasteiger partial charge in [-0.2, -0.15) is 0 Å². The fourth-order valence-corrected chi connectivity index (χ4v) is 8.12. The van der Waals surface area contributed by atoms with Crippen LogP contribution in [0.2, 0.25) is 10.0 Å². The highest BCUT2D eigenvalue weighted by molar-refractivity contribution is 8.13. The molecule has 4 heterocycles. The van der Waals surface area contributed by atoms with Gasteiger partial charge in [0.05, 0.1) is 30.2 Å². The van der Waals surface area contributed by atoms with Crippen LogP contribution in [-0.2, 0) is 21.8 Å². The second-order valence-corrected chi connectivity index (χ2v) is 14.4. The van der Waals surface area contributed by atoms with Crippen LogP contribution in [0.25, 0.3) is 0 Å². The van der Waals surface area contributed by atoms with Crippen molar-refractivity contribution in [3.63, 3.8) is 0 Å². The number of piperazine rings is 1. The van der Waals surface area contributed by atoms with E-state index in [0.29, 0.717) is 29.8 Å². The molecule has 0 radical (unpaired) electrons. The number of hydrogen-bond donors (Lipinski definition) is 0. The van der Waals surface area contributed by atoms with Crippen molar-refractivity contribution in [2.24, 2.45) is 4.99 Å². The van der Waals surface area contributed by atoms with Crippen molar-refractivity contribution >= 4 is 57.2 Å². The summed E-state index contributed by atoms with van der Waals surface area (Å²) in [4.78, 5) is 16.5. The Morgan fingerprint density at radius 3 is 2.37 bits per heavy atom. The number of halogens is 2. The lowest BCUT2D eigenvalue weighted by Gasteiger charge is -2.37. The first-order valence-corrected chi connectivity index (χ1v) is 18.7. The van der Waals surface area contributed by atoms with Gasteiger partial charge in [0.15, 0.2) is 5.17 Å². The van der Waals surface area contributed by atoms with E-state index in [2.05, 4.69) is 63.0 Å². The molecule has 0 spiro atoms. The molecule has 12 heteroatoms. The molecule has 3 aliphatic rings. The largest absolute Gasteiger partial charge is 0.491 e. The average molecular weight is 722 g/mol. The van der Waals surface area contributed by atoms with Gasteiger partial charge < -0.3 is 33.5 Å². The number of aliphatic imine (C=N–C) groups is 1. The maximum atomic E-state index is 6.61. The molecular weight excluding hydrogens is 679 g/mol. The summed E-state index contributed by atoms with van der Waals surface area (Å²) in [6.07, 6.45) is 7.42. The third-order valence-corrected chi connectivity index (χ3v) is 10.7. The van der Waals surface area contributed by atoms with Crippen LogP contribution in [0.5, 0.6) is 5.75 Å². The molecule has 258 valence electrons. The van der Waals surface area contributed by atoms with Gasteiger partial charge in [0.25, 0.3) is 0 Å². The number of amidine groups is 1. The predicted molar refractivity (Wildman–Crippen MR) is 200 cm³/mol. The van der Waals surface area contributed by atoms with Gasteiger partial charge in [0, 0.05) is 79.4 Å².